The van der Waals surface area contributed by atoms with E-state index < -0.39 is 0 Å². The summed E-state index contributed by atoms with van der Waals surface area (Å²) in [5, 5.41) is 19.1. The number of hydrogen-bond donors (Lipinski definition) is 1. The lowest BCUT2D eigenvalue weighted by atomic mass is 9.86. The molecule has 0 unspecified atom stereocenters. The average Bonchev–Trinajstić information content (AvgIpc) is 3.61. The Bertz CT molecular complexity index is 1290. The summed E-state index contributed by atoms with van der Waals surface area (Å²) in [6.07, 6.45) is 12.3. The topological polar surface area (TPSA) is 115 Å². The largest absolute Gasteiger partial charge is 0.291 e. The van der Waals surface area contributed by atoms with Crippen LogP contribution in [0.1, 0.15) is 86.7 Å². The van der Waals surface area contributed by atoms with Crippen molar-refractivity contribution in [1.29, 1.82) is 0 Å². The van der Waals surface area contributed by atoms with Gasteiger partial charge in [-0.25, -0.2) is 9.67 Å². The molecule has 1 aliphatic carbocycles. The second-order valence-corrected chi connectivity index (χ2v) is 9.92. The molecule has 0 saturated heterocycles. The molecule has 1 aromatic carbocycles. The zero-order valence-electron chi connectivity index (χ0n) is 21.4. The maximum Gasteiger partial charge on any atom is 0.217 e. The molecule has 0 atom stereocenters. The van der Waals surface area contributed by atoms with Crippen molar-refractivity contribution in [2.24, 2.45) is 5.92 Å². The Kier molecular flexibility index (Phi) is 8.08. The molecule has 0 amide bonds. The number of nitrogens with one attached hydrogen (secondary N) is 1. The first-order valence-electron chi connectivity index (χ1n) is 13.5. The van der Waals surface area contributed by atoms with Crippen LogP contribution in [0.25, 0.3) is 22.6 Å². The van der Waals surface area contributed by atoms with Gasteiger partial charge in [0, 0.05) is 36.7 Å². The third kappa shape index (κ3) is 6.15. The van der Waals surface area contributed by atoms with Gasteiger partial charge in [0.25, 0.3) is 0 Å². The van der Waals surface area contributed by atoms with Crippen LogP contribution >= 0.6 is 0 Å². The molecule has 37 heavy (non-hydrogen) atoms. The molecule has 9 heteroatoms. The van der Waals surface area contributed by atoms with E-state index in [1.165, 1.54) is 19.3 Å². The molecule has 0 bridgehead atoms. The molecule has 0 aliphatic heterocycles. The summed E-state index contributed by atoms with van der Waals surface area (Å²) in [5.41, 5.74) is 3.66. The predicted molar refractivity (Wildman–Crippen MR) is 141 cm³/mol. The first-order chi connectivity index (χ1) is 18.2. The standard InChI is InChI=1S/C28H34N8O/c1-2-3-9-16-36-26(30-28(33-36)25(37)17-20-10-5-4-6-11-20)18-21-14-15-24(29-19-21)22-12-7-8-13-23(22)27-31-34-35-32-27/h7-8,12-15,19-20H,2-6,9-11,16-18H2,1H3,(H,31,32,34,35). The lowest BCUT2D eigenvalue weighted by molar-refractivity contribution is 0.0939. The Morgan fingerprint density at radius 1 is 1.05 bits per heavy atom. The van der Waals surface area contributed by atoms with Crippen LogP contribution in [0, 0.1) is 5.92 Å². The van der Waals surface area contributed by atoms with Gasteiger partial charge in [0.05, 0.1) is 5.69 Å². The second kappa shape index (κ2) is 12.0. The molecule has 1 N–H and O–H groups in total. The Hall–Kier alpha value is -3.75. The fourth-order valence-corrected chi connectivity index (χ4v) is 5.11. The number of Topliss-reactive ketones (excluding diaryl/α,β-unsaturated/α-hetero) is 1. The number of nitrogens with zero attached hydrogens (tertiary/aromatic N) is 7. The summed E-state index contributed by atoms with van der Waals surface area (Å²) in [6, 6.07) is 11.9. The molecule has 5 rings (SSSR count). The number of aromatic nitrogens is 8. The number of unbranched alkanes of at least 4 members (excludes halogenated alkanes) is 2. The number of benzene rings is 1. The average molecular weight is 499 g/mol. The third-order valence-electron chi connectivity index (χ3n) is 7.15. The van der Waals surface area contributed by atoms with Crippen molar-refractivity contribution in [1.82, 2.24) is 40.4 Å². The minimum absolute atomic E-state index is 0.0777. The molecule has 1 fully saturated rings. The van der Waals surface area contributed by atoms with Crippen LogP contribution in [-0.4, -0.2) is 46.2 Å². The summed E-state index contributed by atoms with van der Waals surface area (Å²) in [6.45, 7) is 2.96. The Balaban J connectivity index is 1.34. The van der Waals surface area contributed by atoms with Gasteiger partial charge in [0.1, 0.15) is 5.82 Å². The molecular formula is C28H34N8O. The number of pyridine rings is 1. The Labute approximate surface area is 217 Å². The summed E-state index contributed by atoms with van der Waals surface area (Å²) in [5.74, 6) is 2.28. The normalized spacial score (nSPS) is 14.2. The van der Waals surface area contributed by atoms with Crippen LogP contribution in [0.3, 0.4) is 0 Å². The number of rotatable bonds is 11. The van der Waals surface area contributed by atoms with E-state index in [1.807, 2.05) is 41.2 Å². The number of carbonyl (C=O) groups excluding carboxylic acids is 1. The van der Waals surface area contributed by atoms with Gasteiger partial charge in [-0.05, 0) is 29.2 Å². The molecule has 9 nitrogen and oxygen atoms in total. The number of tetrazole rings is 1. The zero-order valence-corrected chi connectivity index (χ0v) is 21.4. The summed E-state index contributed by atoms with van der Waals surface area (Å²) in [7, 11) is 0. The molecule has 4 aromatic rings. The van der Waals surface area contributed by atoms with Crippen molar-refractivity contribution >= 4 is 5.78 Å². The van der Waals surface area contributed by atoms with E-state index in [1.54, 1.807) is 0 Å². The number of ketones is 1. The minimum Gasteiger partial charge on any atom is -0.291 e. The van der Waals surface area contributed by atoms with Crippen LogP contribution in [0.15, 0.2) is 42.6 Å². The fraction of sp³-hybridized carbons (Fsp3) is 0.464. The third-order valence-corrected chi connectivity index (χ3v) is 7.15. The van der Waals surface area contributed by atoms with Crippen molar-refractivity contribution in [3.63, 3.8) is 0 Å². The smallest absolute Gasteiger partial charge is 0.217 e. The van der Waals surface area contributed by atoms with Gasteiger partial charge in [-0.1, -0.05) is 82.2 Å². The van der Waals surface area contributed by atoms with Gasteiger partial charge < -0.3 is 0 Å². The number of hydrogen-bond acceptors (Lipinski definition) is 7. The van der Waals surface area contributed by atoms with Gasteiger partial charge in [-0.2, -0.15) is 5.21 Å². The molecule has 3 aromatic heterocycles. The Morgan fingerprint density at radius 3 is 2.62 bits per heavy atom. The minimum atomic E-state index is 0.0777. The fourth-order valence-electron chi connectivity index (χ4n) is 5.11. The molecule has 1 aliphatic rings. The van der Waals surface area contributed by atoms with E-state index >= 15 is 0 Å². The van der Waals surface area contributed by atoms with Crippen molar-refractivity contribution < 1.29 is 4.79 Å². The second-order valence-electron chi connectivity index (χ2n) is 9.92. The van der Waals surface area contributed by atoms with E-state index in [2.05, 4.69) is 38.7 Å². The number of aromatic amines is 1. The lowest BCUT2D eigenvalue weighted by Crippen LogP contribution is -2.13. The van der Waals surface area contributed by atoms with E-state index in [9.17, 15) is 4.79 Å². The molecular weight excluding hydrogens is 464 g/mol. The number of H-pyrrole nitrogens is 1. The predicted octanol–water partition coefficient (Wildman–Crippen LogP) is 5.45. The highest BCUT2D eigenvalue weighted by atomic mass is 16.1. The van der Waals surface area contributed by atoms with Gasteiger partial charge in [0.2, 0.25) is 17.4 Å². The molecule has 0 radical (unpaired) electrons. The monoisotopic (exact) mass is 498 g/mol. The van der Waals surface area contributed by atoms with Gasteiger partial charge in [0.15, 0.2) is 0 Å². The summed E-state index contributed by atoms with van der Waals surface area (Å²) < 4.78 is 1.93. The van der Waals surface area contributed by atoms with Crippen LogP contribution in [0.4, 0.5) is 0 Å². The van der Waals surface area contributed by atoms with Crippen LogP contribution < -0.4 is 0 Å². The lowest BCUT2D eigenvalue weighted by Gasteiger charge is -2.19. The van der Waals surface area contributed by atoms with Crippen molar-refractivity contribution in [2.75, 3.05) is 0 Å². The SMILES string of the molecule is CCCCCn1nc(C(=O)CC2CCCCC2)nc1Cc1ccc(-c2ccccc2-c2nn[nH]n2)nc1. The van der Waals surface area contributed by atoms with Crippen LogP contribution in [0.5, 0.6) is 0 Å². The zero-order chi connectivity index (χ0) is 25.5. The van der Waals surface area contributed by atoms with E-state index in [0.29, 0.717) is 30.4 Å². The van der Waals surface area contributed by atoms with Gasteiger partial charge >= 0.3 is 0 Å². The summed E-state index contributed by atoms with van der Waals surface area (Å²) >= 11 is 0. The van der Waals surface area contributed by atoms with E-state index in [0.717, 1.165) is 66.9 Å². The van der Waals surface area contributed by atoms with Crippen molar-refractivity contribution in [2.45, 2.75) is 77.7 Å². The van der Waals surface area contributed by atoms with Crippen LogP contribution in [-0.2, 0) is 13.0 Å². The highest BCUT2D eigenvalue weighted by Gasteiger charge is 2.22. The first-order valence-corrected chi connectivity index (χ1v) is 13.5. The highest BCUT2D eigenvalue weighted by molar-refractivity contribution is 5.92. The maximum atomic E-state index is 13.0. The maximum absolute atomic E-state index is 13.0. The highest BCUT2D eigenvalue weighted by Crippen LogP contribution is 2.29. The van der Waals surface area contributed by atoms with Crippen LogP contribution in [0.2, 0.25) is 0 Å². The quantitative estimate of drug-likeness (QED) is 0.216. The van der Waals surface area contributed by atoms with E-state index in [-0.39, 0.29) is 5.78 Å². The molecule has 3 heterocycles. The number of aryl methyl sites for hydroxylation is 1. The summed E-state index contributed by atoms with van der Waals surface area (Å²) in [4.78, 5) is 22.5. The van der Waals surface area contributed by atoms with Crippen molar-refractivity contribution in [3.05, 3.63) is 59.8 Å². The Morgan fingerprint density at radius 2 is 1.89 bits per heavy atom. The molecule has 192 valence electrons. The first kappa shape index (κ1) is 24.9. The molecule has 0 spiro atoms. The van der Waals surface area contributed by atoms with Gasteiger partial charge in [-0.3, -0.25) is 9.78 Å². The number of carbonyl (C=O) groups is 1. The van der Waals surface area contributed by atoms with E-state index in [4.69, 9.17) is 9.97 Å². The van der Waals surface area contributed by atoms with Gasteiger partial charge in [-0.15, -0.1) is 15.3 Å². The molecule has 1 saturated carbocycles. The van der Waals surface area contributed by atoms with Crippen molar-refractivity contribution in [3.8, 4) is 22.6 Å².